The Kier molecular flexibility index (Phi) is 6.73. The van der Waals surface area contributed by atoms with E-state index in [9.17, 15) is 18.4 Å². The van der Waals surface area contributed by atoms with Crippen molar-refractivity contribution in [3.05, 3.63) is 76.5 Å². The number of hydrogen-bond donors (Lipinski definition) is 0. The number of rotatable bonds is 6. The van der Waals surface area contributed by atoms with Gasteiger partial charge >= 0.3 is 5.97 Å². The van der Waals surface area contributed by atoms with Gasteiger partial charge < -0.3 is 14.4 Å². The molecule has 31 heavy (non-hydrogen) atoms. The van der Waals surface area contributed by atoms with Crippen LogP contribution in [0.1, 0.15) is 44.2 Å². The zero-order valence-corrected chi connectivity index (χ0v) is 17.9. The number of carbonyl (C=O) groups excluding carboxylic acids is 2. The van der Waals surface area contributed by atoms with Crippen molar-refractivity contribution in [1.82, 2.24) is 4.90 Å². The predicted molar refractivity (Wildman–Crippen MR) is 111 cm³/mol. The molecule has 0 fully saturated rings. The summed E-state index contributed by atoms with van der Waals surface area (Å²) in [6, 6.07) is 10.3. The molecule has 7 heteroatoms. The zero-order chi connectivity index (χ0) is 22.7. The van der Waals surface area contributed by atoms with Gasteiger partial charge in [-0.1, -0.05) is 18.2 Å². The molecule has 1 aliphatic rings. The van der Waals surface area contributed by atoms with Gasteiger partial charge in [0.15, 0.2) is 0 Å². The van der Waals surface area contributed by atoms with E-state index in [0.29, 0.717) is 22.6 Å². The van der Waals surface area contributed by atoms with Crippen LogP contribution in [-0.2, 0) is 20.9 Å². The van der Waals surface area contributed by atoms with Gasteiger partial charge in [0, 0.05) is 29.7 Å². The molecule has 1 aliphatic heterocycles. The van der Waals surface area contributed by atoms with E-state index in [1.165, 1.54) is 24.1 Å². The van der Waals surface area contributed by atoms with Crippen molar-refractivity contribution < 1.29 is 27.8 Å². The second kappa shape index (κ2) is 9.29. The third-order valence-corrected chi connectivity index (χ3v) is 5.16. The maximum Gasteiger partial charge on any atom is 0.336 e. The minimum absolute atomic E-state index is 0.00194. The van der Waals surface area contributed by atoms with Crippen LogP contribution in [-0.4, -0.2) is 30.0 Å². The molecule has 1 atom stereocenters. The van der Waals surface area contributed by atoms with Gasteiger partial charge in [0.05, 0.1) is 25.3 Å². The van der Waals surface area contributed by atoms with Crippen molar-refractivity contribution in [3.63, 3.8) is 0 Å². The summed E-state index contributed by atoms with van der Waals surface area (Å²) < 4.78 is 38.2. The summed E-state index contributed by atoms with van der Waals surface area (Å²) in [7, 11) is 1.52. The highest BCUT2D eigenvalue weighted by atomic mass is 19.1. The van der Waals surface area contributed by atoms with Crippen LogP contribution < -0.4 is 4.74 Å². The van der Waals surface area contributed by atoms with E-state index in [1.807, 2.05) is 12.1 Å². The molecule has 164 valence electrons. The first-order chi connectivity index (χ1) is 14.7. The lowest BCUT2D eigenvalue weighted by Crippen LogP contribution is -2.38. The number of halogens is 2. The van der Waals surface area contributed by atoms with Gasteiger partial charge in [0.1, 0.15) is 17.4 Å². The molecule has 0 spiro atoms. The van der Waals surface area contributed by atoms with Crippen LogP contribution in [0.3, 0.4) is 0 Å². The molecule has 3 rings (SSSR count). The molecular weight excluding hydrogens is 404 g/mol. The molecule has 0 radical (unpaired) electrons. The van der Waals surface area contributed by atoms with Gasteiger partial charge in [-0.05, 0) is 44.5 Å². The number of benzene rings is 2. The highest BCUT2D eigenvalue weighted by Crippen LogP contribution is 2.41. The fourth-order valence-corrected chi connectivity index (χ4v) is 3.85. The lowest BCUT2D eigenvalue weighted by atomic mass is 9.83. The van der Waals surface area contributed by atoms with Gasteiger partial charge in [0.2, 0.25) is 5.91 Å². The molecule has 5 nitrogen and oxygen atoms in total. The number of ether oxygens (including phenoxy) is 2. The molecule has 0 saturated heterocycles. The van der Waals surface area contributed by atoms with Crippen molar-refractivity contribution in [1.29, 1.82) is 0 Å². The molecule has 0 aromatic heterocycles. The van der Waals surface area contributed by atoms with E-state index in [2.05, 4.69) is 0 Å². The van der Waals surface area contributed by atoms with Crippen molar-refractivity contribution >= 4 is 11.9 Å². The molecule has 1 unspecified atom stereocenters. The predicted octanol–water partition coefficient (Wildman–Crippen LogP) is 4.72. The Morgan fingerprint density at radius 2 is 1.81 bits per heavy atom. The number of carbonyl (C=O) groups is 2. The third kappa shape index (κ3) is 4.93. The average molecular weight is 429 g/mol. The van der Waals surface area contributed by atoms with Crippen molar-refractivity contribution in [2.24, 2.45) is 0 Å². The number of esters is 1. The van der Waals surface area contributed by atoms with Crippen LogP contribution in [0.25, 0.3) is 0 Å². The van der Waals surface area contributed by atoms with Crippen molar-refractivity contribution in [2.45, 2.75) is 45.8 Å². The van der Waals surface area contributed by atoms with Crippen LogP contribution in [0.4, 0.5) is 8.78 Å². The number of para-hydroxylation sites is 1. The number of amides is 1. The SMILES string of the molecule is COc1ccccc1C1CC(=O)N(Cc2cc(F)cc(F)c2)C(C)=C1C(=O)OC(C)C. The summed E-state index contributed by atoms with van der Waals surface area (Å²) in [6.07, 6.45) is -0.354. The standard InChI is InChI=1S/C24H25F2NO4/c1-14(2)31-24(29)23-15(3)27(13-16-9-17(25)11-18(26)10-16)22(28)12-20(23)19-7-5-6-8-21(19)30-4/h5-11,14,20H,12-13H2,1-4H3. The number of nitrogens with zero attached hydrogens (tertiary/aromatic N) is 1. The molecule has 0 aliphatic carbocycles. The van der Waals surface area contributed by atoms with Crippen LogP contribution in [0.15, 0.2) is 53.7 Å². The lowest BCUT2D eigenvalue weighted by molar-refractivity contribution is -0.143. The summed E-state index contributed by atoms with van der Waals surface area (Å²) in [5.41, 5.74) is 1.71. The molecule has 2 aromatic carbocycles. The van der Waals surface area contributed by atoms with E-state index >= 15 is 0 Å². The second-order valence-electron chi connectivity index (χ2n) is 7.71. The number of methoxy groups -OCH3 is 1. The Morgan fingerprint density at radius 1 is 1.16 bits per heavy atom. The third-order valence-electron chi connectivity index (χ3n) is 5.16. The van der Waals surface area contributed by atoms with E-state index in [4.69, 9.17) is 9.47 Å². The van der Waals surface area contributed by atoms with Gasteiger partial charge in [-0.15, -0.1) is 0 Å². The molecule has 0 saturated carbocycles. The average Bonchev–Trinajstić information content (AvgIpc) is 2.69. The van der Waals surface area contributed by atoms with Gasteiger partial charge in [-0.25, -0.2) is 13.6 Å². The fourth-order valence-electron chi connectivity index (χ4n) is 3.85. The molecule has 2 aromatic rings. The fraction of sp³-hybridized carbons (Fsp3) is 0.333. The van der Waals surface area contributed by atoms with Gasteiger partial charge in [-0.2, -0.15) is 0 Å². The summed E-state index contributed by atoms with van der Waals surface area (Å²) in [4.78, 5) is 27.5. The van der Waals surface area contributed by atoms with Crippen LogP contribution in [0.2, 0.25) is 0 Å². The number of hydrogen-bond acceptors (Lipinski definition) is 4. The summed E-state index contributed by atoms with van der Waals surface area (Å²) in [5, 5.41) is 0. The highest BCUT2D eigenvalue weighted by molar-refractivity contribution is 5.96. The Hall–Kier alpha value is -3.22. The largest absolute Gasteiger partial charge is 0.496 e. The Labute approximate surface area is 180 Å². The van der Waals surface area contributed by atoms with Crippen molar-refractivity contribution in [3.8, 4) is 5.75 Å². The summed E-state index contributed by atoms with van der Waals surface area (Å²) in [5.74, 6) is -2.26. The second-order valence-corrected chi connectivity index (χ2v) is 7.71. The minimum atomic E-state index is -0.729. The van der Waals surface area contributed by atoms with Crippen LogP contribution in [0.5, 0.6) is 5.75 Å². The minimum Gasteiger partial charge on any atom is -0.496 e. The lowest BCUT2D eigenvalue weighted by Gasteiger charge is -2.35. The Morgan fingerprint density at radius 3 is 2.42 bits per heavy atom. The molecule has 0 N–H and O–H groups in total. The Bertz CT molecular complexity index is 1010. The number of allylic oxidation sites excluding steroid dienone is 1. The first-order valence-electron chi connectivity index (χ1n) is 10.0. The van der Waals surface area contributed by atoms with E-state index < -0.39 is 23.5 Å². The van der Waals surface area contributed by atoms with Crippen molar-refractivity contribution in [2.75, 3.05) is 7.11 Å². The zero-order valence-electron chi connectivity index (χ0n) is 17.9. The van der Waals surface area contributed by atoms with E-state index in [0.717, 1.165) is 6.07 Å². The van der Waals surface area contributed by atoms with Gasteiger partial charge in [0.25, 0.3) is 0 Å². The topological polar surface area (TPSA) is 55.8 Å². The Balaban J connectivity index is 2.08. The van der Waals surface area contributed by atoms with E-state index in [-0.39, 0.29) is 30.5 Å². The summed E-state index contributed by atoms with van der Waals surface area (Å²) in [6.45, 7) is 5.07. The quantitative estimate of drug-likeness (QED) is 0.624. The summed E-state index contributed by atoms with van der Waals surface area (Å²) >= 11 is 0. The molecule has 0 bridgehead atoms. The maximum absolute atomic E-state index is 13.6. The first kappa shape index (κ1) is 22.5. The normalized spacial score (nSPS) is 16.7. The smallest absolute Gasteiger partial charge is 0.336 e. The maximum atomic E-state index is 13.6. The van der Waals surface area contributed by atoms with Crippen LogP contribution >= 0.6 is 0 Å². The monoisotopic (exact) mass is 429 g/mol. The van der Waals surface area contributed by atoms with Crippen LogP contribution in [0, 0.1) is 11.6 Å². The first-order valence-corrected chi connectivity index (χ1v) is 10.0. The van der Waals surface area contributed by atoms with E-state index in [1.54, 1.807) is 32.9 Å². The highest BCUT2D eigenvalue weighted by Gasteiger charge is 2.38. The molecule has 1 heterocycles. The molecule has 1 amide bonds. The molecular formula is C24H25F2NO4. The van der Waals surface area contributed by atoms with Gasteiger partial charge in [-0.3, -0.25) is 4.79 Å².